The number of rotatable bonds is 4. The lowest BCUT2D eigenvalue weighted by Crippen LogP contribution is -2.15. The lowest BCUT2D eigenvalue weighted by atomic mass is 10.1. The minimum atomic E-state index is -0.443. The van der Waals surface area contributed by atoms with Crippen LogP contribution in [-0.4, -0.2) is 11.0 Å². The predicted molar refractivity (Wildman–Crippen MR) is 74.9 cm³/mol. The molecule has 0 aliphatic carbocycles. The maximum Gasteiger partial charge on any atom is 0.173 e. The van der Waals surface area contributed by atoms with E-state index < -0.39 is 5.82 Å². The van der Waals surface area contributed by atoms with Crippen molar-refractivity contribution in [3.63, 3.8) is 0 Å². The Morgan fingerprint density at radius 1 is 1.16 bits per heavy atom. The average Bonchev–Trinajstić information content (AvgIpc) is 2.46. The van der Waals surface area contributed by atoms with E-state index in [1.807, 2.05) is 30.3 Å². The van der Waals surface area contributed by atoms with E-state index in [1.54, 1.807) is 12.1 Å². The van der Waals surface area contributed by atoms with Crippen LogP contribution in [0.1, 0.15) is 11.1 Å². The molecule has 0 saturated heterocycles. The molecule has 2 aromatic rings. The summed E-state index contributed by atoms with van der Waals surface area (Å²) in [5.74, 6) is -0.173. The third-order valence-electron chi connectivity index (χ3n) is 2.60. The van der Waals surface area contributed by atoms with Crippen molar-refractivity contribution in [2.45, 2.75) is 10.6 Å². The van der Waals surface area contributed by atoms with Crippen LogP contribution >= 0.6 is 11.8 Å². The summed E-state index contributed by atoms with van der Waals surface area (Å²) in [5, 5.41) is 11.4. The van der Waals surface area contributed by atoms with Gasteiger partial charge in [0.25, 0.3) is 0 Å². The second-order valence-electron chi connectivity index (χ2n) is 3.87. The molecule has 0 unspecified atom stereocenters. The lowest BCUT2D eigenvalue weighted by Gasteiger charge is -2.07. The van der Waals surface area contributed by atoms with Crippen molar-refractivity contribution in [2.24, 2.45) is 10.9 Å². The van der Waals surface area contributed by atoms with Gasteiger partial charge in [0.2, 0.25) is 0 Å². The molecule has 0 amide bonds. The van der Waals surface area contributed by atoms with Gasteiger partial charge in [0.15, 0.2) is 5.84 Å². The first-order chi connectivity index (χ1) is 9.22. The molecule has 0 radical (unpaired) electrons. The molecule has 0 aliphatic rings. The van der Waals surface area contributed by atoms with Gasteiger partial charge in [0.05, 0.1) is 5.56 Å². The Morgan fingerprint density at radius 2 is 1.89 bits per heavy atom. The zero-order chi connectivity index (χ0) is 13.7. The summed E-state index contributed by atoms with van der Waals surface area (Å²) in [4.78, 5) is 1.07. The quantitative estimate of drug-likeness (QED) is 0.296. The molecular weight excluding hydrogens is 263 g/mol. The van der Waals surface area contributed by atoms with Crippen molar-refractivity contribution in [3.05, 3.63) is 65.5 Å². The molecule has 0 heterocycles. The fourth-order valence-electron chi connectivity index (χ4n) is 1.62. The monoisotopic (exact) mass is 276 g/mol. The Bertz CT molecular complexity index is 587. The summed E-state index contributed by atoms with van der Waals surface area (Å²) in [6.07, 6.45) is 0. The second kappa shape index (κ2) is 6.24. The predicted octanol–water partition coefficient (Wildman–Crippen LogP) is 3.21. The Balaban J connectivity index is 2.17. The van der Waals surface area contributed by atoms with Gasteiger partial charge in [-0.05, 0) is 23.8 Å². The molecule has 0 spiro atoms. The van der Waals surface area contributed by atoms with Crippen LogP contribution in [0.25, 0.3) is 0 Å². The zero-order valence-corrected chi connectivity index (χ0v) is 10.9. The highest BCUT2D eigenvalue weighted by molar-refractivity contribution is 7.98. The number of oxime groups is 1. The maximum absolute atomic E-state index is 14.1. The first-order valence-corrected chi connectivity index (χ1v) is 6.64. The normalized spacial score (nSPS) is 11.5. The Hall–Kier alpha value is -2.01. The van der Waals surface area contributed by atoms with Crippen LogP contribution in [-0.2, 0) is 5.75 Å². The highest BCUT2D eigenvalue weighted by atomic mass is 32.2. The molecule has 19 heavy (non-hydrogen) atoms. The van der Waals surface area contributed by atoms with Crippen LogP contribution in [0.4, 0.5) is 4.39 Å². The van der Waals surface area contributed by atoms with E-state index >= 15 is 0 Å². The van der Waals surface area contributed by atoms with Crippen LogP contribution < -0.4 is 5.73 Å². The summed E-state index contributed by atoms with van der Waals surface area (Å²) < 4.78 is 14.1. The van der Waals surface area contributed by atoms with Gasteiger partial charge in [-0.3, -0.25) is 0 Å². The van der Waals surface area contributed by atoms with E-state index in [-0.39, 0.29) is 11.4 Å². The number of benzene rings is 2. The van der Waals surface area contributed by atoms with Crippen LogP contribution in [0.3, 0.4) is 0 Å². The zero-order valence-electron chi connectivity index (χ0n) is 10.1. The van der Waals surface area contributed by atoms with E-state index in [2.05, 4.69) is 5.16 Å². The van der Waals surface area contributed by atoms with Crippen molar-refractivity contribution in [2.75, 3.05) is 0 Å². The minimum absolute atomic E-state index is 0.119. The molecule has 2 rings (SSSR count). The van der Waals surface area contributed by atoms with Gasteiger partial charge >= 0.3 is 0 Å². The van der Waals surface area contributed by atoms with E-state index in [9.17, 15) is 4.39 Å². The average molecular weight is 276 g/mol. The van der Waals surface area contributed by atoms with Crippen LogP contribution in [0.5, 0.6) is 0 Å². The molecule has 0 atom stereocenters. The largest absolute Gasteiger partial charge is 0.409 e. The number of amidine groups is 1. The highest BCUT2D eigenvalue weighted by Crippen LogP contribution is 2.24. The fraction of sp³-hybridized carbons (Fsp3) is 0.0714. The van der Waals surface area contributed by atoms with Crippen molar-refractivity contribution in [3.8, 4) is 0 Å². The maximum atomic E-state index is 14.1. The van der Waals surface area contributed by atoms with Crippen molar-refractivity contribution >= 4 is 17.6 Å². The van der Waals surface area contributed by atoms with Gasteiger partial charge in [-0.2, -0.15) is 0 Å². The molecule has 5 heteroatoms. The number of hydrogen-bond acceptors (Lipinski definition) is 3. The van der Waals surface area contributed by atoms with Crippen molar-refractivity contribution in [1.82, 2.24) is 0 Å². The standard InChI is InChI=1S/C14H13FN2OS/c15-13-10(5-4-8-12(13)14(16)17-18)9-19-11-6-2-1-3-7-11/h1-8,18H,9H2,(H2,16,17). The van der Waals surface area contributed by atoms with Gasteiger partial charge in [-0.15, -0.1) is 11.8 Å². The van der Waals surface area contributed by atoms with Gasteiger partial charge in [-0.25, -0.2) is 4.39 Å². The number of halogens is 1. The number of nitrogens with zero attached hydrogens (tertiary/aromatic N) is 1. The molecule has 0 aromatic heterocycles. The van der Waals surface area contributed by atoms with E-state index in [1.165, 1.54) is 17.8 Å². The van der Waals surface area contributed by atoms with E-state index in [0.717, 1.165) is 4.90 Å². The summed E-state index contributed by atoms with van der Waals surface area (Å²) >= 11 is 1.53. The highest BCUT2D eigenvalue weighted by Gasteiger charge is 2.11. The first kappa shape index (κ1) is 13.4. The third-order valence-corrected chi connectivity index (χ3v) is 3.66. The smallest absolute Gasteiger partial charge is 0.173 e. The first-order valence-electron chi connectivity index (χ1n) is 5.65. The number of nitrogens with two attached hydrogens (primary N) is 1. The summed E-state index contributed by atoms with van der Waals surface area (Å²) in [6, 6.07) is 14.6. The van der Waals surface area contributed by atoms with Crippen LogP contribution in [0.15, 0.2) is 58.6 Å². The summed E-state index contributed by atoms with van der Waals surface area (Å²) in [6.45, 7) is 0. The number of hydrogen-bond donors (Lipinski definition) is 2. The molecule has 3 N–H and O–H groups in total. The van der Waals surface area contributed by atoms with E-state index in [0.29, 0.717) is 11.3 Å². The fourth-order valence-corrected chi connectivity index (χ4v) is 2.52. The molecule has 2 aromatic carbocycles. The SMILES string of the molecule is N/C(=N/O)c1cccc(CSc2ccccc2)c1F. The molecule has 0 bridgehead atoms. The number of thioether (sulfide) groups is 1. The Labute approximate surface area is 114 Å². The van der Waals surface area contributed by atoms with Gasteiger partial charge < -0.3 is 10.9 Å². The van der Waals surface area contributed by atoms with Crippen molar-refractivity contribution in [1.29, 1.82) is 0 Å². The third kappa shape index (κ3) is 3.26. The Kier molecular flexibility index (Phi) is 4.41. The topological polar surface area (TPSA) is 58.6 Å². The molecule has 98 valence electrons. The van der Waals surface area contributed by atoms with Gasteiger partial charge in [0.1, 0.15) is 5.82 Å². The van der Waals surface area contributed by atoms with Crippen LogP contribution in [0, 0.1) is 5.82 Å². The Morgan fingerprint density at radius 3 is 2.58 bits per heavy atom. The molecule has 0 saturated carbocycles. The lowest BCUT2D eigenvalue weighted by molar-refractivity contribution is 0.318. The molecule has 3 nitrogen and oxygen atoms in total. The summed E-state index contributed by atoms with van der Waals surface area (Å²) in [7, 11) is 0. The minimum Gasteiger partial charge on any atom is -0.409 e. The molecule has 0 aliphatic heterocycles. The second-order valence-corrected chi connectivity index (χ2v) is 4.91. The van der Waals surface area contributed by atoms with Crippen LogP contribution in [0.2, 0.25) is 0 Å². The van der Waals surface area contributed by atoms with Gasteiger partial charge in [0, 0.05) is 10.6 Å². The van der Waals surface area contributed by atoms with E-state index in [4.69, 9.17) is 10.9 Å². The molecule has 0 fully saturated rings. The molecular formula is C14H13FN2OS. The van der Waals surface area contributed by atoms with Crippen molar-refractivity contribution < 1.29 is 9.60 Å². The van der Waals surface area contributed by atoms with Gasteiger partial charge in [-0.1, -0.05) is 35.5 Å². The summed E-state index contributed by atoms with van der Waals surface area (Å²) in [5.41, 5.74) is 6.07.